The van der Waals surface area contributed by atoms with Gasteiger partial charge in [0.1, 0.15) is 0 Å². The second kappa shape index (κ2) is 6.64. The van der Waals surface area contributed by atoms with Crippen LogP contribution in [0.3, 0.4) is 0 Å². The van der Waals surface area contributed by atoms with Crippen molar-refractivity contribution >= 4 is 5.91 Å². The Morgan fingerprint density at radius 3 is 2.77 bits per heavy atom. The topological polar surface area (TPSA) is 68.2 Å². The van der Waals surface area contributed by atoms with E-state index in [4.69, 9.17) is 4.74 Å². The molecular formula is C20H30N4O2. The molecule has 6 nitrogen and oxygen atoms in total. The van der Waals surface area contributed by atoms with Crippen molar-refractivity contribution in [1.82, 2.24) is 20.4 Å². The van der Waals surface area contributed by atoms with Crippen molar-refractivity contribution in [2.24, 2.45) is 23.2 Å². The molecule has 2 heterocycles. The second-order valence-corrected chi connectivity index (χ2v) is 9.03. The first-order valence-electron chi connectivity index (χ1n) is 10.3. The lowest BCUT2D eigenvalue weighted by Gasteiger charge is -2.39. The predicted octanol–water partition coefficient (Wildman–Crippen LogP) is 1.57. The molecule has 0 spiro atoms. The summed E-state index contributed by atoms with van der Waals surface area (Å²) in [5.74, 6) is 2.37. The smallest absolute Gasteiger partial charge is 0.228 e. The molecule has 6 heteroatoms. The van der Waals surface area contributed by atoms with Crippen LogP contribution in [0.25, 0.3) is 0 Å². The minimum absolute atomic E-state index is 0.164. The Balaban J connectivity index is 1.24. The van der Waals surface area contributed by atoms with Gasteiger partial charge in [0.15, 0.2) is 0 Å². The maximum absolute atomic E-state index is 13.1. The van der Waals surface area contributed by atoms with Crippen LogP contribution in [0.15, 0.2) is 18.5 Å². The molecule has 4 atom stereocenters. The SMILES string of the molecule is O=C(N[C@H]1C[C@H]2CNC[C@H]2C[C@@H]1OCC1CC1)C1(Cn2cccn2)CC1. The van der Waals surface area contributed by atoms with E-state index >= 15 is 0 Å². The molecule has 5 rings (SSSR count). The number of carbonyl (C=O) groups excluding carboxylic acids is 1. The van der Waals surface area contributed by atoms with E-state index in [1.165, 1.54) is 12.8 Å². The zero-order valence-corrected chi connectivity index (χ0v) is 15.4. The molecule has 2 N–H and O–H groups in total. The summed E-state index contributed by atoms with van der Waals surface area (Å²) < 4.78 is 8.20. The third-order valence-electron chi connectivity index (χ3n) is 6.94. The lowest BCUT2D eigenvalue weighted by atomic mass is 9.77. The van der Waals surface area contributed by atoms with Crippen molar-refractivity contribution in [2.75, 3.05) is 19.7 Å². The Hall–Kier alpha value is -1.40. The molecule has 1 aromatic heterocycles. The number of hydrogen-bond acceptors (Lipinski definition) is 4. The van der Waals surface area contributed by atoms with E-state index in [1.807, 2.05) is 16.9 Å². The molecule has 4 fully saturated rings. The molecule has 0 unspecified atom stereocenters. The van der Waals surface area contributed by atoms with Crippen molar-refractivity contribution in [1.29, 1.82) is 0 Å². The number of hydrogen-bond donors (Lipinski definition) is 2. The van der Waals surface area contributed by atoms with Crippen LogP contribution in [0, 0.1) is 23.2 Å². The molecule has 3 saturated carbocycles. The average molecular weight is 358 g/mol. The first kappa shape index (κ1) is 16.8. The second-order valence-electron chi connectivity index (χ2n) is 9.03. The highest BCUT2D eigenvalue weighted by Gasteiger charge is 2.52. The van der Waals surface area contributed by atoms with Gasteiger partial charge in [0.2, 0.25) is 5.91 Å². The van der Waals surface area contributed by atoms with E-state index in [0.717, 1.165) is 51.3 Å². The molecule has 3 aliphatic carbocycles. The first-order chi connectivity index (χ1) is 12.7. The minimum atomic E-state index is -0.252. The van der Waals surface area contributed by atoms with Crippen LogP contribution in [-0.2, 0) is 16.1 Å². The summed E-state index contributed by atoms with van der Waals surface area (Å²) >= 11 is 0. The molecule has 142 valence electrons. The molecule has 0 bridgehead atoms. The monoisotopic (exact) mass is 358 g/mol. The zero-order chi connectivity index (χ0) is 17.6. The molecule has 1 saturated heterocycles. The first-order valence-corrected chi connectivity index (χ1v) is 10.3. The predicted molar refractivity (Wildman–Crippen MR) is 97.4 cm³/mol. The van der Waals surface area contributed by atoms with E-state index < -0.39 is 0 Å². The summed E-state index contributed by atoms with van der Waals surface area (Å²) in [5, 5.41) is 11.2. The van der Waals surface area contributed by atoms with E-state index in [0.29, 0.717) is 18.4 Å². The number of amides is 1. The van der Waals surface area contributed by atoms with Gasteiger partial charge in [-0.15, -0.1) is 0 Å². The van der Waals surface area contributed by atoms with Gasteiger partial charge in [-0.25, -0.2) is 0 Å². The summed E-state index contributed by atoms with van der Waals surface area (Å²) in [6, 6.07) is 2.09. The molecule has 0 aromatic carbocycles. The van der Waals surface area contributed by atoms with Crippen LogP contribution < -0.4 is 10.6 Å². The molecule has 0 radical (unpaired) electrons. The summed E-state index contributed by atoms with van der Waals surface area (Å²) in [6.45, 7) is 3.77. The molecule has 26 heavy (non-hydrogen) atoms. The summed E-state index contributed by atoms with van der Waals surface area (Å²) in [4.78, 5) is 13.1. The number of rotatable bonds is 7. The van der Waals surface area contributed by atoms with Gasteiger partial charge in [-0.1, -0.05) is 0 Å². The molecular weight excluding hydrogens is 328 g/mol. The fourth-order valence-electron chi connectivity index (χ4n) is 4.79. The standard InChI is InChI=1S/C20H30N4O2/c25-19(20(4-5-20)13-24-7-1-6-22-24)23-17-8-15-10-21-11-16(15)9-18(17)26-12-14-2-3-14/h1,6-7,14-18,21H,2-5,8-13H2,(H,23,25)/t15-,16+,17-,18-/m0/s1. The summed E-state index contributed by atoms with van der Waals surface area (Å²) in [6.07, 6.45) is 10.6. The number of nitrogens with zero attached hydrogens (tertiary/aromatic N) is 2. The van der Waals surface area contributed by atoms with Crippen LogP contribution in [0.1, 0.15) is 38.5 Å². The van der Waals surface area contributed by atoms with Crippen molar-refractivity contribution < 1.29 is 9.53 Å². The Labute approximate surface area is 155 Å². The van der Waals surface area contributed by atoms with Gasteiger partial charge in [0.25, 0.3) is 0 Å². The highest BCUT2D eigenvalue weighted by Crippen LogP contribution is 2.48. The number of carbonyl (C=O) groups is 1. The molecule has 4 aliphatic rings. The van der Waals surface area contributed by atoms with Crippen LogP contribution in [-0.4, -0.2) is 47.5 Å². The van der Waals surface area contributed by atoms with Crippen molar-refractivity contribution in [3.63, 3.8) is 0 Å². The Bertz CT molecular complexity index is 638. The third-order valence-corrected chi connectivity index (χ3v) is 6.94. The normalized spacial score (nSPS) is 35.1. The largest absolute Gasteiger partial charge is 0.376 e. The van der Waals surface area contributed by atoms with E-state index in [2.05, 4.69) is 15.7 Å². The maximum Gasteiger partial charge on any atom is 0.228 e. The van der Waals surface area contributed by atoms with Gasteiger partial charge in [0, 0.05) is 19.0 Å². The van der Waals surface area contributed by atoms with Crippen LogP contribution >= 0.6 is 0 Å². The third kappa shape index (κ3) is 3.41. The van der Waals surface area contributed by atoms with Gasteiger partial charge < -0.3 is 15.4 Å². The molecule has 1 aromatic rings. The highest BCUT2D eigenvalue weighted by molar-refractivity contribution is 5.85. The van der Waals surface area contributed by atoms with Crippen LogP contribution in [0.5, 0.6) is 0 Å². The van der Waals surface area contributed by atoms with E-state index in [-0.39, 0.29) is 23.5 Å². The summed E-state index contributed by atoms with van der Waals surface area (Å²) in [5.41, 5.74) is -0.252. The van der Waals surface area contributed by atoms with E-state index in [1.54, 1.807) is 6.20 Å². The number of ether oxygens (including phenoxy) is 1. The Kier molecular flexibility index (Phi) is 4.28. The Morgan fingerprint density at radius 2 is 2.08 bits per heavy atom. The lowest BCUT2D eigenvalue weighted by molar-refractivity contribution is -0.130. The van der Waals surface area contributed by atoms with Crippen molar-refractivity contribution in [2.45, 2.75) is 57.2 Å². The number of fused-ring (bicyclic) bond motifs is 1. The van der Waals surface area contributed by atoms with Gasteiger partial charge >= 0.3 is 0 Å². The highest BCUT2D eigenvalue weighted by atomic mass is 16.5. The minimum Gasteiger partial charge on any atom is -0.376 e. The van der Waals surface area contributed by atoms with Crippen molar-refractivity contribution in [3.05, 3.63) is 18.5 Å². The number of nitrogens with one attached hydrogen (secondary N) is 2. The number of aromatic nitrogens is 2. The quantitative estimate of drug-likeness (QED) is 0.776. The molecule has 1 amide bonds. The fraction of sp³-hybridized carbons (Fsp3) is 0.800. The van der Waals surface area contributed by atoms with Gasteiger partial charge in [0.05, 0.1) is 24.1 Å². The van der Waals surface area contributed by atoms with Gasteiger partial charge in [-0.2, -0.15) is 5.10 Å². The maximum atomic E-state index is 13.1. The van der Waals surface area contributed by atoms with Crippen LogP contribution in [0.2, 0.25) is 0 Å². The average Bonchev–Trinajstić information content (AvgIpc) is 3.51. The van der Waals surface area contributed by atoms with Crippen LogP contribution in [0.4, 0.5) is 0 Å². The van der Waals surface area contributed by atoms with Gasteiger partial charge in [-0.3, -0.25) is 9.48 Å². The van der Waals surface area contributed by atoms with Crippen molar-refractivity contribution in [3.8, 4) is 0 Å². The van der Waals surface area contributed by atoms with Gasteiger partial charge in [-0.05, 0) is 75.4 Å². The molecule has 1 aliphatic heterocycles. The fourth-order valence-corrected chi connectivity index (χ4v) is 4.79. The lowest BCUT2D eigenvalue weighted by Crippen LogP contribution is -2.52. The summed E-state index contributed by atoms with van der Waals surface area (Å²) in [7, 11) is 0. The Morgan fingerprint density at radius 1 is 1.27 bits per heavy atom. The van der Waals surface area contributed by atoms with E-state index in [9.17, 15) is 4.79 Å². The zero-order valence-electron chi connectivity index (χ0n) is 15.4.